The summed E-state index contributed by atoms with van der Waals surface area (Å²) in [6, 6.07) is 12.0. The van der Waals surface area contributed by atoms with Gasteiger partial charge < -0.3 is 4.90 Å². The van der Waals surface area contributed by atoms with Gasteiger partial charge >= 0.3 is 0 Å². The average molecular weight is 334 g/mol. The highest BCUT2D eigenvalue weighted by Gasteiger charge is 2.34. The van der Waals surface area contributed by atoms with Crippen LogP contribution < -0.4 is 4.90 Å². The van der Waals surface area contributed by atoms with E-state index in [0.29, 0.717) is 12.1 Å². The largest absolute Gasteiger partial charge is 0.347 e. The van der Waals surface area contributed by atoms with E-state index in [1.165, 1.54) is 36.0 Å². The SMILES string of the molecule is CN(C)c1ncc(C2=CC3CCCC(C2)N3Cc2ccccc2)cn1. The molecule has 4 rings (SSSR count). The Morgan fingerprint density at radius 1 is 1.08 bits per heavy atom. The highest BCUT2D eigenvalue weighted by molar-refractivity contribution is 5.67. The molecule has 2 aliphatic rings. The molecular weight excluding hydrogens is 308 g/mol. The second-order valence-electron chi connectivity index (χ2n) is 7.37. The Balaban J connectivity index is 1.56. The Morgan fingerprint density at radius 2 is 1.84 bits per heavy atom. The van der Waals surface area contributed by atoms with Gasteiger partial charge in [-0.3, -0.25) is 4.90 Å². The van der Waals surface area contributed by atoms with Gasteiger partial charge in [0.2, 0.25) is 5.95 Å². The number of hydrogen-bond acceptors (Lipinski definition) is 4. The second kappa shape index (κ2) is 6.96. The van der Waals surface area contributed by atoms with Gasteiger partial charge in [-0.2, -0.15) is 0 Å². The molecule has 0 saturated carbocycles. The molecule has 130 valence electrons. The average Bonchev–Trinajstić information content (AvgIpc) is 2.62. The maximum Gasteiger partial charge on any atom is 0.224 e. The van der Waals surface area contributed by atoms with Gasteiger partial charge in [0.1, 0.15) is 0 Å². The number of aromatic nitrogens is 2. The third kappa shape index (κ3) is 3.45. The molecule has 1 aromatic heterocycles. The van der Waals surface area contributed by atoms with Crippen LogP contribution in [0.4, 0.5) is 5.95 Å². The zero-order chi connectivity index (χ0) is 17.2. The molecule has 2 unspecified atom stereocenters. The quantitative estimate of drug-likeness (QED) is 0.852. The van der Waals surface area contributed by atoms with Crippen LogP contribution in [0, 0.1) is 0 Å². The minimum absolute atomic E-state index is 0.538. The second-order valence-corrected chi connectivity index (χ2v) is 7.37. The first-order valence-electron chi connectivity index (χ1n) is 9.21. The smallest absolute Gasteiger partial charge is 0.224 e. The maximum absolute atomic E-state index is 4.49. The molecule has 3 heterocycles. The summed E-state index contributed by atoms with van der Waals surface area (Å²) in [6.07, 6.45) is 11.4. The molecule has 0 aliphatic carbocycles. The number of rotatable bonds is 4. The Bertz CT molecular complexity index is 736. The van der Waals surface area contributed by atoms with E-state index in [2.05, 4.69) is 51.3 Å². The number of fused-ring (bicyclic) bond motifs is 2. The monoisotopic (exact) mass is 334 g/mol. The zero-order valence-electron chi connectivity index (χ0n) is 15.1. The summed E-state index contributed by atoms with van der Waals surface area (Å²) in [5.41, 5.74) is 4.01. The van der Waals surface area contributed by atoms with Crippen LogP contribution in [-0.2, 0) is 6.54 Å². The summed E-state index contributed by atoms with van der Waals surface area (Å²) >= 11 is 0. The van der Waals surface area contributed by atoms with Gasteiger partial charge in [0.15, 0.2) is 0 Å². The maximum atomic E-state index is 4.49. The third-order valence-electron chi connectivity index (χ3n) is 5.40. The molecule has 1 aromatic carbocycles. The van der Waals surface area contributed by atoms with Crippen molar-refractivity contribution in [3.63, 3.8) is 0 Å². The molecular formula is C21H26N4. The van der Waals surface area contributed by atoms with E-state index in [-0.39, 0.29) is 0 Å². The normalized spacial score (nSPS) is 23.2. The van der Waals surface area contributed by atoms with E-state index in [1.807, 2.05) is 31.4 Å². The van der Waals surface area contributed by atoms with Crippen LogP contribution in [-0.4, -0.2) is 41.0 Å². The lowest BCUT2D eigenvalue weighted by atomic mass is 9.83. The number of nitrogens with zero attached hydrogens (tertiary/aromatic N) is 4. The topological polar surface area (TPSA) is 32.3 Å². The summed E-state index contributed by atoms with van der Waals surface area (Å²) in [6.45, 7) is 1.05. The van der Waals surface area contributed by atoms with Crippen molar-refractivity contribution in [3.05, 3.63) is 59.9 Å². The number of anilines is 1. The number of benzene rings is 1. The van der Waals surface area contributed by atoms with E-state index in [4.69, 9.17) is 0 Å². The van der Waals surface area contributed by atoms with Crippen molar-refractivity contribution >= 4 is 11.5 Å². The fraction of sp³-hybridized carbons (Fsp3) is 0.429. The van der Waals surface area contributed by atoms with Crippen LogP contribution >= 0.6 is 0 Å². The van der Waals surface area contributed by atoms with Gasteiger partial charge in [-0.15, -0.1) is 0 Å². The molecule has 2 aromatic rings. The van der Waals surface area contributed by atoms with E-state index in [9.17, 15) is 0 Å². The Hall–Kier alpha value is -2.20. The highest BCUT2D eigenvalue weighted by atomic mass is 15.2. The van der Waals surface area contributed by atoms with Gasteiger partial charge in [0, 0.05) is 50.7 Å². The fourth-order valence-electron chi connectivity index (χ4n) is 4.09. The lowest BCUT2D eigenvalue weighted by Gasteiger charge is -2.45. The minimum Gasteiger partial charge on any atom is -0.347 e. The van der Waals surface area contributed by atoms with Gasteiger partial charge in [0.05, 0.1) is 0 Å². The van der Waals surface area contributed by atoms with E-state index in [1.54, 1.807) is 0 Å². The molecule has 2 atom stereocenters. The Labute approximate surface area is 150 Å². The summed E-state index contributed by atoms with van der Waals surface area (Å²) in [5.74, 6) is 0.769. The van der Waals surface area contributed by atoms with E-state index < -0.39 is 0 Å². The van der Waals surface area contributed by atoms with Gasteiger partial charge in [-0.05, 0) is 30.4 Å². The zero-order valence-corrected chi connectivity index (χ0v) is 15.1. The van der Waals surface area contributed by atoms with Crippen LogP contribution in [0.2, 0.25) is 0 Å². The molecule has 0 spiro atoms. The predicted molar refractivity (Wildman–Crippen MR) is 102 cm³/mol. The molecule has 1 saturated heterocycles. The van der Waals surface area contributed by atoms with Crippen molar-refractivity contribution in [2.75, 3.05) is 19.0 Å². The van der Waals surface area contributed by atoms with Crippen molar-refractivity contribution in [1.29, 1.82) is 0 Å². The fourth-order valence-corrected chi connectivity index (χ4v) is 4.09. The van der Waals surface area contributed by atoms with E-state index in [0.717, 1.165) is 18.9 Å². The van der Waals surface area contributed by atoms with Crippen molar-refractivity contribution < 1.29 is 0 Å². The van der Waals surface area contributed by atoms with Gasteiger partial charge in [0.25, 0.3) is 0 Å². The highest BCUT2D eigenvalue weighted by Crippen LogP contribution is 2.37. The molecule has 2 bridgehead atoms. The molecule has 0 radical (unpaired) electrons. The molecule has 2 aliphatic heterocycles. The Kier molecular flexibility index (Phi) is 4.53. The van der Waals surface area contributed by atoms with Crippen LogP contribution in [0.15, 0.2) is 48.8 Å². The molecule has 0 amide bonds. The van der Waals surface area contributed by atoms with Crippen LogP contribution in [0.1, 0.15) is 36.8 Å². The lowest BCUT2D eigenvalue weighted by molar-refractivity contribution is 0.0951. The minimum atomic E-state index is 0.538. The summed E-state index contributed by atoms with van der Waals surface area (Å²) in [7, 11) is 3.95. The Morgan fingerprint density at radius 3 is 2.52 bits per heavy atom. The van der Waals surface area contributed by atoms with E-state index >= 15 is 0 Å². The van der Waals surface area contributed by atoms with Crippen molar-refractivity contribution in [1.82, 2.24) is 14.9 Å². The molecule has 1 fully saturated rings. The standard InChI is InChI=1S/C21H26N4/c1-24(2)21-22-13-18(14-23-21)17-11-19-9-6-10-20(12-17)25(19)15-16-7-4-3-5-8-16/h3-5,7-8,11,13-14,19-20H,6,9-10,12,15H2,1-2H3. The predicted octanol–water partition coefficient (Wildman–Crippen LogP) is 3.75. The van der Waals surface area contributed by atoms with Crippen molar-refractivity contribution in [2.45, 2.75) is 44.3 Å². The van der Waals surface area contributed by atoms with Crippen LogP contribution in [0.25, 0.3) is 5.57 Å². The first-order valence-corrected chi connectivity index (χ1v) is 9.21. The summed E-state index contributed by atoms with van der Waals surface area (Å²) in [4.78, 5) is 13.6. The number of piperidine rings is 1. The molecule has 0 N–H and O–H groups in total. The molecule has 25 heavy (non-hydrogen) atoms. The van der Waals surface area contributed by atoms with Gasteiger partial charge in [-0.25, -0.2) is 9.97 Å². The molecule has 4 nitrogen and oxygen atoms in total. The number of hydrogen-bond donors (Lipinski definition) is 0. The van der Waals surface area contributed by atoms with Crippen LogP contribution in [0.3, 0.4) is 0 Å². The van der Waals surface area contributed by atoms with Crippen molar-refractivity contribution in [2.24, 2.45) is 0 Å². The third-order valence-corrected chi connectivity index (χ3v) is 5.40. The molecule has 4 heteroatoms. The van der Waals surface area contributed by atoms with Crippen LogP contribution in [0.5, 0.6) is 0 Å². The first kappa shape index (κ1) is 16.3. The summed E-state index contributed by atoms with van der Waals surface area (Å²) < 4.78 is 0. The summed E-state index contributed by atoms with van der Waals surface area (Å²) in [5, 5.41) is 0. The van der Waals surface area contributed by atoms with Crippen molar-refractivity contribution in [3.8, 4) is 0 Å². The first-order chi connectivity index (χ1) is 12.2. The lowest BCUT2D eigenvalue weighted by Crippen LogP contribution is -2.47. The van der Waals surface area contributed by atoms with Gasteiger partial charge in [-0.1, -0.05) is 42.8 Å².